The molecule has 0 aliphatic heterocycles. The predicted molar refractivity (Wildman–Crippen MR) is 102 cm³/mol. The van der Waals surface area contributed by atoms with Crippen molar-refractivity contribution >= 4 is 73.7 Å². The molecule has 0 saturated carbocycles. The summed E-state index contributed by atoms with van der Waals surface area (Å²) in [6.45, 7) is 1.64. The number of carbonyl (C=O) groups is 1. The number of ether oxygens (including phenoxy) is 1. The van der Waals surface area contributed by atoms with Crippen LogP contribution in [0, 0.1) is 10.7 Å². The van der Waals surface area contributed by atoms with Gasteiger partial charge in [-0.15, -0.1) is 0 Å². The molecule has 110 valence electrons. The summed E-state index contributed by atoms with van der Waals surface area (Å²) in [5.74, 6) is -0.218. The summed E-state index contributed by atoms with van der Waals surface area (Å²) in [5, 5.41) is 18.5. The molecule has 1 unspecified atom stereocenters. The minimum atomic E-state index is -0.972. The molecule has 1 aromatic rings. The van der Waals surface area contributed by atoms with Crippen LogP contribution in [0.5, 0.6) is 5.75 Å². The Balaban J connectivity index is 2.60. The molecule has 0 aromatic heterocycles. The van der Waals surface area contributed by atoms with Gasteiger partial charge in [0.2, 0.25) is 0 Å². The van der Waals surface area contributed by atoms with Crippen molar-refractivity contribution < 1.29 is 19.7 Å². The van der Waals surface area contributed by atoms with Crippen LogP contribution in [0.1, 0.15) is 13.3 Å². The fourth-order valence-corrected chi connectivity index (χ4v) is 5.21. The Bertz CT molecular complexity index is 505. The number of hydrogen-bond acceptors (Lipinski definition) is 3. The zero-order valence-corrected chi connectivity index (χ0v) is 17.0. The molecule has 0 spiro atoms. The van der Waals surface area contributed by atoms with E-state index in [4.69, 9.17) is 9.84 Å². The van der Waals surface area contributed by atoms with Crippen molar-refractivity contribution in [2.45, 2.75) is 19.4 Å². The van der Waals surface area contributed by atoms with Crippen LogP contribution in [0.15, 0.2) is 23.8 Å². The van der Waals surface area contributed by atoms with Gasteiger partial charge in [-0.05, 0) is 93.2 Å². The van der Waals surface area contributed by atoms with Crippen LogP contribution < -0.4 is 4.74 Å². The minimum absolute atomic E-state index is 0.135. The number of aliphatic hydroxyl groups is 1. The van der Waals surface area contributed by atoms with E-state index < -0.39 is 12.1 Å². The Kier molecular flexibility index (Phi) is 8.05. The standard InChI is InChI=1S/C13H13I3O4/c1-7(13(18)19)2-3-9(17)6-20-12-10(15)4-8(14)5-11(12)16/h2,4-5,9,17H,3,6H2,1H3,(H,18,19)/b7-2+. The van der Waals surface area contributed by atoms with Crippen molar-refractivity contribution in [1.82, 2.24) is 0 Å². The molecule has 0 bridgehead atoms. The Morgan fingerprint density at radius 3 is 2.40 bits per heavy atom. The SMILES string of the molecule is C/C(=C\CC(O)COc1c(I)cc(I)cc1I)C(=O)O. The van der Waals surface area contributed by atoms with E-state index in [9.17, 15) is 9.90 Å². The molecule has 2 N–H and O–H groups in total. The maximum absolute atomic E-state index is 10.6. The second-order valence-electron chi connectivity index (χ2n) is 4.09. The molecule has 0 amide bonds. The van der Waals surface area contributed by atoms with Gasteiger partial charge in [0.15, 0.2) is 0 Å². The minimum Gasteiger partial charge on any atom is -0.489 e. The highest BCUT2D eigenvalue weighted by atomic mass is 127. The number of hydrogen-bond donors (Lipinski definition) is 2. The quantitative estimate of drug-likeness (QED) is 0.380. The van der Waals surface area contributed by atoms with Crippen LogP contribution in [0.4, 0.5) is 0 Å². The molecule has 7 heteroatoms. The smallest absolute Gasteiger partial charge is 0.330 e. The molecule has 1 rings (SSSR count). The zero-order valence-electron chi connectivity index (χ0n) is 10.6. The van der Waals surface area contributed by atoms with E-state index in [0.717, 1.165) is 16.5 Å². The molecule has 20 heavy (non-hydrogen) atoms. The van der Waals surface area contributed by atoms with Gasteiger partial charge >= 0.3 is 5.97 Å². The molecule has 0 aliphatic rings. The second kappa shape index (κ2) is 8.73. The van der Waals surface area contributed by atoms with Crippen molar-refractivity contribution in [1.29, 1.82) is 0 Å². The highest BCUT2D eigenvalue weighted by molar-refractivity contribution is 14.1. The molecule has 0 aliphatic carbocycles. The van der Waals surface area contributed by atoms with Crippen molar-refractivity contribution in [2.75, 3.05) is 6.61 Å². The molecule has 1 aromatic carbocycles. The van der Waals surface area contributed by atoms with E-state index in [1.807, 2.05) is 12.1 Å². The summed E-state index contributed by atoms with van der Waals surface area (Å²) >= 11 is 6.62. The number of aliphatic hydroxyl groups excluding tert-OH is 1. The van der Waals surface area contributed by atoms with Gasteiger partial charge in [0.05, 0.1) is 13.2 Å². The molecule has 0 saturated heterocycles. The zero-order chi connectivity index (χ0) is 15.3. The molecular formula is C13H13I3O4. The van der Waals surface area contributed by atoms with Crippen LogP contribution in [0.25, 0.3) is 0 Å². The van der Waals surface area contributed by atoms with Crippen LogP contribution in [0.2, 0.25) is 0 Å². The maximum Gasteiger partial charge on any atom is 0.330 e. The Labute approximate surface area is 158 Å². The van der Waals surface area contributed by atoms with Gasteiger partial charge in [-0.1, -0.05) is 6.08 Å². The summed E-state index contributed by atoms with van der Waals surface area (Å²) in [6, 6.07) is 4.00. The second-order valence-corrected chi connectivity index (χ2v) is 7.66. The van der Waals surface area contributed by atoms with Crippen molar-refractivity contribution in [3.8, 4) is 5.75 Å². The highest BCUT2D eigenvalue weighted by Gasteiger charge is 2.11. The van der Waals surface area contributed by atoms with Gasteiger partial charge in [-0.25, -0.2) is 4.79 Å². The summed E-state index contributed by atoms with van der Waals surface area (Å²) in [4.78, 5) is 10.6. The average molecular weight is 614 g/mol. The van der Waals surface area contributed by atoms with Crippen LogP contribution >= 0.6 is 67.8 Å². The van der Waals surface area contributed by atoms with Gasteiger partial charge in [0, 0.05) is 9.14 Å². The lowest BCUT2D eigenvalue weighted by molar-refractivity contribution is -0.132. The first-order valence-electron chi connectivity index (χ1n) is 5.66. The maximum atomic E-state index is 10.6. The molecule has 1 atom stereocenters. The summed E-state index contributed by atoms with van der Waals surface area (Å²) in [6.07, 6.45) is 1.03. The Hall–Kier alpha value is 0.380. The van der Waals surface area contributed by atoms with E-state index in [1.165, 1.54) is 13.0 Å². The van der Waals surface area contributed by atoms with E-state index in [0.29, 0.717) is 0 Å². The average Bonchev–Trinajstić information content (AvgIpc) is 2.34. The van der Waals surface area contributed by atoms with Gasteiger partial charge in [-0.3, -0.25) is 0 Å². The largest absolute Gasteiger partial charge is 0.489 e. The monoisotopic (exact) mass is 614 g/mol. The van der Waals surface area contributed by atoms with Crippen LogP contribution in [0.3, 0.4) is 0 Å². The van der Waals surface area contributed by atoms with E-state index in [1.54, 1.807) is 0 Å². The van der Waals surface area contributed by atoms with Crippen molar-refractivity contribution in [3.63, 3.8) is 0 Å². The number of halogens is 3. The lowest BCUT2D eigenvalue weighted by Crippen LogP contribution is -2.18. The third-order valence-corrected chi connectivity index (χ3v) is 4.64. The normalized spacial score (nSPS) is 13.2. The van der Waals surface area contributed by atoms with Gasteiger partial charge in [0.1, 0.15) is 12.4 Å². The number of carboxylic acids is 1. The molecule has 0 radical (unpaired) electrons. The lowest BCUT2D eigenvalue weighted by Gasteiger charge is -2.14. The third-order valence-electron chi connectivity index (χ3n) is 2.42. The van der Waals surface area contributed by atoms with Crippen molar-refractivity contribution in [2.24, 2.45) is 0 Å². The number of benzene rings is 1. The first-order valence-corrected chi connectivity index (χ1v) is 8.90. The summed E-state index contributed by atoms with van der Waals surface area (Å²) in [5.41, 5.74) is 0.225. The van der Waals surface area contributed by atoms with Crippen molar-refractivity contribution in [3.05, 3.63) is 34.5 Å². The fraction of sp³-hybridized carbons (Fsp3) is 0.308. The summed E-state index contributed by atoms with van der Waals surface area (Å²) in [7, 11) is 0. The highest BCUT2D eigenvalue weighted by Crippen LogP contribution is 2.29. The molecule has 0 heterocycles. The number of aliphatic carboxylic acids is 1. The van der Waals surface area contributed by atoms with Gasteiger partial charge in [-0.2, -0.15) is 0 Å². The van der Waals surface area contributed by atoms with E-state index in [-0.39, 0.29) is 18.6 Å². The van der Waals surface area contributed by atoms with Crippen LogP contribution in [-0.4, -0.2) is 28.9 Å². The first-order chi connectivity index (χ1) is 9.31. The third kappa shape index (κ3) is 6.02. The molecule has 4 nitrogen and oxygen atoms in total. The fourth-order valence-electron chi connectivity index (χ4n) is 1.31. The van der Waals surface area contributed by atoms with Gasteiger partial charge in [0.25, 0.3) is 0 Å². The first kappa shape index (κ1) is 18.4. The number of carboxylic acid groups (broad SMARTS) is 1. The summed E-state index contributed by atoms with van der Waals surface area (Å²) < 4.78 is 8.74. The van der Waals surface area contributed by atoms with E-state index in [2.05, 4.69) is 67.8 Å². The molecular weight excluding hydrogens is 601 g/mol. The predicted octanol–water partition coefficient (Wildman–Crippen LogP) is 3.66. The molecule has 0 fully saturated rings. The number of rotatable bonds is 6. The topological polar surface area (TPSA) is 66.8 Å². The Morgan fingerprint density at radius 1 is 1.35 bits per heavy atom. The van der Waals surface area contributed by atoms with Crippen LogP contribution in [-0.2, 0) is 4.79 Å². The van der Waals surface area contributed by atoms with E-state index >= 15 is 0 Å². The Morgan fingerprint density at radius 2 is 1.90 bits per heavy atom. The van der Waals surface area contributed by atoms with Gasteiger partial charge < -0.3 is 14.9 Å². The lowest BCUT2D eigenvalue weighted by atomic mass is 10.2.